The summed E-state index contributed by atoms with van der Waals surface area (Å²) < 4.78 is 0.831. The minimum atomic E-state index is -0.0116. The van der Waals surface area contributed by atoms with Gasteiger partial charge in [0.25, 0.3) is 0 Å². The third-order valence-electron chi connectivity index (χ3n) is 1.87. The van der Waals surface area contributed by atoms with E-state index in [-0.39, 0.29) is 5.84 Å². The average Bonchev–Trinajstić information content (AvgIpc) is 2.81. The summed E-state index contributed by atoms with van der Waals surface area (Å²) in [6.45, 7) is 0. The zero-order valence-electron chi connectivity index (χ0n) is 8.37. The molecule has 0 radical (unpaired) electrons. The second kappa shape index (κ2) is 5.35. The maximum Gasteiger partial charge on any atom is 0.178 e. The molecule has 1 aromatic heterocycles. The fraction of sp³-hybridized carbons (Fsp3) is 0. The average molecular weight is 287 g/mol. The number of benzene rings is 1. The topological polar surface area (TPSA) is 84.4 Å². The number of aromatic nitrogens is 2. The number of oxime groups is 1. The molecule has 17 heavy (non-hydrogen) atoms. The van der Waals surface area contributed by atoms with Crippen LogP contribution in [0.2, 0.25) is 5.02 Å². The summed E-state index contributed by atoms with van der Waals surface area (Å²) in [5.41, 5.74) is 7.63. The normalized spacial score (nSPS) is 11.7. The van der Waals surface area contributed by atoms with Crippen molar-refractivity contribution in [3.63, 3.8) is 0 Å². The highest BCUT2D eigenvalue weighted by molar-refractivity contribution is 8.01. The van der Waals surface area contributed by atoms with Gasteiger partial charge in [-0.05, 0) is 18.2 Å². The van der Waals surface area contributed by atoms with E-state index in [0.717, 1.165) is 9.24 Å². The van der Waals surface area contributed by atoms with Crippen molar-refractivity contribution < 1.29 is 5.21 Å². The van der Waals surface area contributed by atoms with Crippen molar-refractivity contribution in [1.29, 1.82) is 0 Å². The molecule has 0 saturated heterocycles. The highest BCUT2D eigenvalue weighted by Gasteiger charge is 2.08. The van der Waals surface area contributed by atoms with Crippen LogP contribution in [0.1, 0.15) is 5.56 Å². The van der Waals surface area contributed by atoms with Gasteiger partial charge >= 0.3 is 0 Å². The van der Waals surface area contributed by atoms with Gasteiger partial charge in [0.2, 0.25) is 0 Å². The summed E-state index contributed by atoms with van der Waals surface area (Å²) >= 11 is 8.93. The van der Waals surface area contributed by atoms with Gasteiger partial charge in [-0.25, -0.2) is 0 Å². The van der Waals surface area contributed by atoms with E-state index in [1.165, 1.54) is 23.1 Å². The Bertz CT molecular complexity index is 544. The molecule has 1 aromatic carbocycles. The molecule has 0 aliphatic carbocycles. The molecule has 0 aliphatic rings. The molecule has 0 saturated carbocycles. The standard InChI is InChI=1S/C9H7ClN4OS2/c10-7-3-5(17-9-13-12-4-16-9)1-2-6(7)8(11)14-15/h1-4,15H,(H2,11,14). The number of amidine groups is 1. The first-order valence-electron chi connectivity index (χ1n) is 4.42. The Morgan fingerprint density at radius 2 is 2.35 bits per heavy atom. The predicted molar refractivity (Wildman–Crippen MR) is 68.0 cm³/mol. The first-order chi connectivity index (χ1) is 8.20. The molecule has 2 rings (SSSR count). The van der Waals surface area contributed by atoms with Crippen molar-refractivity contribution in [2.45, 2.75) is 9.24 Å². The molecule has 8 heteroatoms. The molecule has 0 aliphatic heterocycles. The number of hydrogen-bond donors (Lipinski definition) is 2. The van der Waals surface area contributed by atoms with Crippen LogP contribution < -0.4 is 5.73 Å². The van der Waals surface area contributed by atoms with Crippen LogP contribution in [0.15, 0.2) is 38.1 Å². The smallest absolute Gasteiger partial charge is 0.178 e. The van der Waals surface area contributed by atoms with E-state index in [2.05, 4.69) is 15.4 Å². The van der Waals surface area contributed by atoms with Crippen LogP contribution in [0.5, 0.6) is 0 Å². The van der Waals surface area contributed by atoms with Crippen LogP contribution in [0.3, 0.4) is 0 Å². The summed E-state index contributed by atoms with van der Waals surface area (Å²) in [5.74, 6) is -0.0116. The molecular weight excluding hydrogens is 280 g/mol. The van der Waals surface area contributed by atoms with Crippen molar-refractivity contribution in [1.82, 2.24) is 10.2 Å². The molecule has 0 spiro atoms. The largest absolute Gasteiger partial charge is 0.409 e. The molecule has 2 aromatic rings. The summed E-state index contributed by atoms with van der Waals surface area (Å²) in [6, 6.07) is 5.26. The Labute approximate surface area is 110 Å². The number of halogens is 1. The first-order valence-corrected chi connectivity index (χ1v) is 6.49. The van der Waals surface area contributed by atoms with Crippen molar-refractivity contribution in [3.8, 4) is 0 Å². The third-order valence-corrected chi connectivity index (χ3v) is 3.95. The highest BCUT2D eigenvalue weighted by Crippen LogP contribution is 2.31. The van der Waals surface area contributed by atoms with Crippen molar-refractivity contribution in [2.75, 3.05) is 0 Å². The Balaban J connectivity index is 2.25. The van der Waals surface area contributed by atoms with E-state index in [4.69, 9.17) is 22.5 Å². The van der Waals surface area contributed by atoms with E-state index < -0.39 is 0 Å². The summed E-state index contributed by atoms with van der Waals surface area (Å²) in [4.78, 5) is 0.918. The van der Waals surface area contributed by atoms with Gasteiger partial charge in [0.05, 0.1) is 5.02 Å². The van der Waals surface area contributed by atoms with Gasteiger partial charge in [0.1, 0.15) is 5.51 Å². The lowest BCUT2D eigenvalue weighted by Gasteiger charge is -2.04. The first kappa shape index (κ1) is 12.2. The van der Waals surface area contributed by atoms with E-state index >= 15 is 0 Å². The monoisotopic (exact) mass is 286 g/mol. The van der Waals surface area contributed by atoms with E-state index in [1.54, 1.807) is 17.6 Å². The van der Waals surface area contributed by atoms with Crippen LogP contribution in [-0.4, -0.2) is 21.2 Å². The van der Waals surface area contributed by atoms with Crippen LogP contribution >= 0.6 is 34.7 Å². The van der Waals surface area contributed by atoms with Gasteiger partial charge in [-0.3, -0.25) is 0 Å². The minimum Gasteiger partial charge on any atom is -0.409 e. The number of nitrogens with two attached hydrogens (primary N) is 1. The highest BCUT2D eigenvalue weighted by atomic mass is 35.5. The van der Waals surface area contributed by atoms with Gasteiger partial charge in [-0.15, -0.1) is 10.2 Å². The van der Waals surface area contributed by atoms with Gasteiger partial charge in [-0.1, -0.05) is 39.9 Å². The molecule has 0 fully saturated rings. The molecule has 0 unspecified atom stereocenters. The summed E-state index contributed by atoms with van der Waals surface area (Å²) in [7, 11) is 0. The van der Waals surface area contributed by atoms with Crippen LogP contribution in [0.4, 0.5) is 0 Å². The Morgan fingerprint density at radius 3 is 2.94 bits per heavy atom. The van der Waals surface area contributed by atoms with Crippen molar-refractivity contribution >= 4 is 40.5 Å². The summed E-state index contributed by atoms with van der Waals surface area (Å²) in [6.07, 6.45) is 0. The number of hydrogen-bond acceptors (Lipinski definition) is 6. The zero-order valence-corrected chi connectivity index (χ0v) is 10.8. The molecule has 1 heterocycles. The summed E-state index contributed by atoms with van der Waals surface area (Å²) in [5, 5.41) is 19.6. The lowest BCUT2D eigenvalue weighted by Crippen LogP contribution is -2.13. The quantitative estimate of drug-likeness (QED) is 0.392. The van der Waals surface area contributed by atoms with Crippen molar-refractivity contribution in [3.05, 3.63) is 34.3 Å². The van der Waals surface area contributed by atoms with Gasteiger partial charge in [0, 0.05) is 10.5 Å². The fourth-order valence-corrected chi connectivity index (χ4v) is 2.96. The molecule has 0 amide bonds. The lowest BCUT2D eigenvalue weighted by molar-refractivity contribution is 0.318. The van der Waals surface area contributed by atoms with Crippen LogP contribution in [0, 0.1) is 0 Å². The van der Waals surface area contributed by atoms with E-state index in [9.17, 15) is 0 Å². The van der Waals surface area contributed by atoms with E-state index in [0.29, 0.717) is 10.6 Å². The SMILES string of the molecule is NC(=NO)c1ccc(Sc2nncs2)cc1Cl. The second-order valence-corrected chi connectivity index (χ2v) is 5.49. The number of rotatable bonds is 3. The maximum absolute atomic E-state index is 8.57. The van der Waals surface area contributed by atoms with E-state index in [1.807, 2.05) is 6.07 Å². The zero-order chi connectivity index (χ0) is 12.3. The molecule has 5 nitrogen and oxygen atoms in total. The van der Waals surface area contributed by atoms with Crippen LogP contribution in [0.25, 0.3) is 0 Å². The molecule has 3 N–H and O–H groups in total. The lowest BCUT2D eigenvalue weighted by atomic mass is 10.2. The molecular formula is C9H7ClN4OS2. The molecule has 88 valence electrons. The Hall–Kier alpha value is -1.31. The van der Waals surface area contributed by atoms with Gasteiger partial charge < -0.3 is 10.9 Å². The predicted octanol–water partition coefficient (Wildman–Crippen LogP) is 2.44. The second-order valence-electron chi connectivity index (χ2n) is 2.93. The van der Waals surface area contributed by atoms with Crippen molar-refractivity contribution in [2.24, 2.45) is 10.9 Å². The fourth-order valence-electron chi connectivity index (χ4n) is 1.13. The molecule has 0 bridgehead atoms. The van der Waals surface area contributed by atoms with Crippen LogP contribution in [-0.2, 0) is 0 Å². The number of nitrogens with zero attached hydrogens (tertiary/aromatic N) is 3. The minimum absolute atomic E-state index is 0.0116. The van der Waals surface area contributed by atoms with Gasteiger partial charge in [0.15, 0.2) is 10.2 Å². The third kappa shape index (κ3) is 2.87. The Kier molecular flexibility index (Phi) is 3.82. The Morgan fingerprint density at radius 1 is 1.53 bits per heavy atom. The molecule has 0 atom stereocenters. The maximum atomic E-state index is 8.57. The van der Waals surface area contributed by atoms with Gasteiger partial charge in [-0.2, -0.15) is 0 Å².